The summed E-state index contributed by atoms with van der Waals surface area (Å²) in [6.45, 7) is 0.852. The number of benzene rings is 3. The standard InChI is InChI=1S/C30H25F2N7O3/c1-41-21-11-8-19(25(14-21)42-2)16-38-17-24-27(30(38)40)29(36-28(35-24)26-22(31)4-3-5-23(26)32)34-20-9-6-18(7-10-20)15-39-13-12-33-37-39/h3-14H,15-17H2,1-2H3,(H,34,35,36). The summed E-state index contributed by atoms with van der Waals surface area (Å²) in [6.07, 6.45) is 3.37. The second-order valence-electron chi connectivity index (χ2n) is 9.58. The van der Waals surface area contributed by atoms with Crippen LogP contribution in [-0.4, -0.2) is 50.0 Å². The lowest BCUT2D eigenvalue weighted by Crippen LogP contribution is -2.24. The van der Waals surface area contributed by atoms with Gasteiger partial charge in [-0.25, -0.2) is 23.4 Å². The Labute approximate surface area is 239 Å². The number of hydrogen-bond acceptors (Lipinski definition) is 8. The summed E-state index contributed by atoms with van der Waals surface area (Å²) in [4.78, 5) is 24.2. The lowest BCUT2D eigenvalue weighted by Gasteiger charge is -2.18. The number of fused-ring (bicyclic) bond motifs is 1. The molecule has 3 heterocycles. The van der Waals surface area contributed by atoms with Crippen LogP contribution in [0.3, 0.4) is 0 Å². The first-order valence-corrected chi connectivity index (χ1v) is 13.0. The number of halogens is 2. The van der Waals surface area contributed by atoms with Crippen LogP contribution in [-0.2, 0) is 19.6 Å². The molecule has 5 aromatic rings. The van der Waals surface area contributed by atoms with Crippen molar-refractivity contribution in [3.63, 3.8) is 0 Å². The van der Waals surface area contributed by atoms with Gasteiger partial charge in [0, 0.05) is 23.5 Å². The van der Waals surface area contributed by atoms with Gasteiger partial charge in [0.15, 0.2) is 5.82 Å². The molecule has 1 N–H and O–H groups in total. The summed E-state index contributed by atoms with van der Waals surface area (Å²) in [5, 5.41) is 11.0. The smallest absolute Gasteiger partial charge is 0.260 e. The number of methoxy groups -OCH3 is 2. The molecule has 0 radical (unpaired) electrons. The van der Waals surface area contributed by atoms with Gasteiger partial charge in [0.05, 0.1) is 51.3 Å². The van der Waals surface area contributed by atoms with Gasteiger partial charge < -0.3 is 19.7 Å². The highest BCUT2D eigenvalue weighted by Crippen LogP contribution is 2.35. The van der Waals surface area contributed by atoms with Crippen molar-refractivity contribution in [1.82, 2.24) is 29.9 Å². The number of aromatic nitrogens is 5. The number of amides is 1. The molecule has 212 valence electrons. The van der Waals surface area contributed by atoms with Crippen molar-refractivity contribution in [3.8, 4) is 22.9 Å². The molecule has 0 saturated carbocycles. The van der Waals surface area contributed by atoms with E-state index in [2.05, 4.69) is 25.6 Å². The van der Waals surface area contributed by atoms with Crippen LogP contribution in [0.2, 0.25) is 0 Å². The largest absolute Gasteiger partial charge is 0.497 e. The van der Waals surface area contributed by atoms with Gasteiger partial charge in [-0.15, -0.1) is 5.10 Å². The van der Waals surface area contributed by atoms with E-state index in [1.54, 1.807) is 48.3 Å². The van der Waals surface area contributed by atoms with Crippen LogP contribution in [0.15, 0.2) is 73.1 Å². The fourth-order valence-corrected chi connectivity index (χ4v) is 4.82. The zero-order valence-corrected chi connectivity index (χ0v) is 22.7. The number of rotatable bonds is 9. The molecule has 1 amide bonds. The van der Waals surface area contributed by atoms with Crippen molar-refractivity contribution in [3.05, 3.63) is 107 Å². The fourth-order valence-electron chi connectivity index (χ4n) is 4.82. The topological polar surface area (TPSA) is 107 Å². The average Bonchev–Trinajstić information content (AvgIpc) is 3.61. The van der Waals surface area contributed by atoms with E-state index in [4.69, 9.17) is 9.47 Å². The highest BCUT2D eigenvalue weighted by atomic mass is 19.1. The van der Waals surface area contributed by atoms with E-state index in [-0.39, 0.29) is 41.8 Å². The molecule has 0 aliphatic carbocycles. The van der Waals surface area contributed by atoms with E-state index in [0.717, 1.165) is 23.3 Å². The first-order valence-electron chi connectivity index (χ1n) is 13.0. The second-order valence-corrected chi connectivity index (χ2v) is 9.58. The minimum absolute atomic E-state index is 0.112. The summed E-state index contributed by atoms with van der Waals surface area (Å²) >= 11 is 0. The third-order valence-electron chi connectivity index (χ3n) is 6.90. The maximum Gasteiger partial charge on any atom is 0.260 e. The molecule has 0 spiro atoms. The number of nitrogens with one attached hydrogen (secondary N) is 1. The molecule has 0 bridgehead atoms. The van der Waals surface area contributed by atoms with Crippen molar-refractivity contribution in [2.45, 2.75) is 19.6 Å². The van der Waals surface area contributed by atoms with E-state index in [1.807, 2.05) is 30.3 Å². The predicted molar refractivity (Wildman–Crippen MR) is 149 cm³/mol. The zero-order valence-electron chi connectivity index (χ0n) is 22.7. The highest BCUT2D eigenvalue weighted by molar-refractivity contribution is 6.03. The maximum absolute atomic E-state index is 14.8. The molecule has 0 saturated heterocycles. The van der Waals surface area contributed by atoms with E-state index in [1.165, 1.54) is 6.07 Å². The minimum Gasteiger partial charge on any atom is -0.497 e. The molecule has 0 fully saturated rings. The third kappa shape index (κ3) is 5.21. The molecular weight excluding hydrogens is 544 g/mol. The third-order valence-corrected chi connectivity index (χ3v) is 6.90. The first-order chi connectivity index (χ1) is 20.4. The number of carbonyl (C=O) groups is 1. The van der Waals surface area contributed by atoms with Crippen molar-refractivity contribution >= 4 is 17.4 Å². The summed E-state index contributed by atoms with van der Waals surface area (Å²) in [7, 11) is 3.10. The monoisotopic (exact) mass is 569 g/mol. The molecule has 10 nitrogen and oxygen atoms in total. The summed E-state index contributed by atoms with van der Waals surface area (Å²) < 4.78 is 42.0. The van der Waals surface area contributed by atoms with Crippen LogP contribution >= 0.6 is 0 Å². The van der Waals surface area contributed by atoms with Crippen molar-refractivity contribution in [2.75, 3.05) is 19.5 Å². The number of anilines is 2. The van der Waals surface area contributed by atoms with Gasteiger partial charge in [-0.3, -0.25) is 4.79 Å². The number of hydrogen-bond donors (Lipinski definition) is 1. The molecule has 6 rings (SSSR count). The van der Waals surface area contributed by atoms with Crippen molar-refractivity contribution in [2.24, 2.45) is 0 Å². The van der Waals surface area contributed by atoms with Gasteiger partial charge in [0.1, 0.15) is 34.5 Å². The Bertz CT molecular complexity index is 1740. The van der Waals surface area contributed by atoms with Gasteiger partial charge >= 0.3 is 0 Å². The van der Waals surface area contributed by atoms with E-state index < -0.39 is 11.6 Å². The first kappa shape index (κ1) is 26.8. The Hall–Kier alpha value is -5.39. The van der Waals surface area contributed by atoms with Gasteiger partial charge in [0.25, 0.3) is 5.91 Å². The minimum atomic E-state index is -0.803. The lowest BCUT2D eigenvalue weighted by molar-refractivity contribution is 0.0765. The van der Waals surface area contributed by atoms with Gasteiger partial charge in [-0.1, -0.05) is 23.4 Å². The van der Waals surface area contributed by atoms with Gasteiger partial charge in [0.2, 0.25) is 0 Å². The quantitative estimate of drug-likeness (QED) is 0.265. The van der Waals surface area contributed by atoms with Gasteiger partial charge in [-0.05, 0) is 42.0 Å². The zero-order chi connectivity index (χ0) is 29.2. The molecule has 1 aliphatic heterocycles. The molecule has 1 aliphatic rings. The molecule has 3 aromatic carbocycles. The Kier molecular flexibility index (Phi) is 7.17. The second kappa shape index (κ2) is 11.2. The van der Waals surface area contributed by atoms with Gasteiger partial charge in [-0.2, -0.15) is 0 Å². The van der Waals surface area contributed by atoms with Crippen LogP contribution in [0.5, 0.6) is 11.5 Å². The van der Waals surface area contributed by atoms with Crippen LogP contribution in [0.1, 0.15) is 27.2 Å². The van der Waals surface area contributed by atoms with Crippen LogP contribution in [0, 0.1) is 11.6 Å². The molecule has 2 aromatic heterocycles. The van der Waals surface area contributed by atoms with Crippen LogP contribution in [0.4, 0.5) is 20.3 Å². The Morgan fingerprint density at radius 1 is 0.929 bits per heavy atom. The predicted octanol–water partition coefficient (Wildman–Crippen LogP) is 4.98. The number of carbonyl (C=O) groups excluding carboxylic acids is 1. The maximum atomic E-state index is 14.8. The average molecular weight is 570 g/mol. The summed E-state index contributed by atoms with van der Waals surface area (Å²) in [5.74, 6) is -0.767. The molecule has 12 heteroatoms. The highest BCUT2D eigenvalue weighted by Gasteiger charge is 2.34. The number of nitrogens with zero attached hydrogens (tertiary/aromatic N) is 6. The Balaban J connectivity index is 1.35. The SMILES string of the molecule is COc1ccc(CN2Cc3nc(-c4c(F)cccc4F)nc(Nc4ccc(Cn5ccnn5)cc4)c3C2=O)c(OC)c1. The molecule has 42 heavy (non-hydrogen) atoms. The van der Waals surface area contributed by atoms with Crippen LogP contribution in [0.25, 0.3) is 11.4 Å². The fraction of sp³-hybridized carbons (Fsp3) is 0.167. The summed E-state index contributed by atoms with van der Waals surface area (Å²) in [6, 6.07) is 16.3. The Morgan fingerprint density at radius 3 is 2.40 bits per heavy atom. The van der Waals surface area contributed by atoms with Crippen molar-refractivity contribution < 1.29 is 23.0 Å². The molecule has 0 unspecified atom stereocenters. The normalized spacial score (nSPS) is 12.4. The molecular formula is C30H25F2N7O3. The Morgan fingerprint density at radius 2 is 1.71 bits per heavy atom. The summed E-state index contributed by atoms with van der Waals surface area (Å²) in [5.41, 5.74) is 2.57. The van der Waals surface area contributed by atoms with Crippen molar-refractivity contribution in [1.29, 1.82) is 0 Å². The molecule has 0 atom stereocenters. The van der Waals surface area contributed by atoms with E-state index in [0.29, 0.717) is 29.4 Å². The van der Waals surface area contributed by atoms with E-state index >= 15 is 0 Å². The van der Waals surface area contributed by atoms with Crippen LogP contribution < -0.4 is 14.8 Å². The lowest BCUT2D eigenvalue weighted by atomic mass is 10.1. The van der Waals surface area contributed by atoms with E-state index in [9.17, 15) is 13.6 Å². The number of ether oxygens (including phenoxy) is 2.